The molecule has 0 unspecified atom stereocenters. The summed E-state index contributed by atoms with van der Waals surface area (Å²) in [6, 6.07) is 8.12. The molecule has 13 heavy (non-hydrogen) atoms. The van der Waals surface area contributed by atoms with E-state index >= 15 is 0 Å². The number of hydrogen-bond acceptors (Lipinski definition) is 1. The van der Waals surface area contributed by atoms with Gasteiger partial charge in [-0.1, -0.05) is 0 Å². The van der Waals surface area contributed by atoms with Crippen LogP contribution in [0.25, 0.3) is 0 Å². The fourth-order valence-electron chi connectivity index (χ4n) is 1.20. The Kier molecular flexibility index (Phi) is 3.17. The van der Waals surface area contributed by atoms with E-state index in [1.807, 2.05) is 12.1 Å². The second-order valence-electron chi connectivity index (χ2n) is 4.38. The Bertz CT molecular complexity index is 306. The molecule has 0 aliphatic rings. The molecule has 0 spiro atoms. The van der Waals surface area contributed by atoms with Crippen LogP contribution in [0.5, 0.6) is 0 Å². The summed E-state index contributed by atoms with van der Waals surface area (Å²) in [7, 11) is 0. The van der Waals surface area contributed by atoms with E-state index in [0.717, 1.165) is 5.56 Å². The molecule has 1 rings (SSSR count). The van der Waals surface area contributed by atoms with Crippen LogP contribution in [-0.4, -0.2) is 24.2 Å². The SMILES string of the molecule is CC(=O)c1cc[c]([Sn]([CH3])([CH3])[CH3])cc1. The van der Waals surface area contributed by atoms with Crippen LogP contribution in [0.3, 0.4) is 0 Å². The standard InChI is InChI=1S/C8H7O.3CH3.Sn/c1-7(9)8-5-3-2-4-6-8;;;;/h3-6H,1H3;3*1H3;. The maximum atomic E-state index is 11.0. The Morgan fingerprint density at radius 1 is 1.08 bits per heavy atom. The number of carbonyl (C=O) groups is 1. The van der Waals surface area contributed by atoms with Crippen molar-refractivity contribution in [3.63, 3.8) is 0 Å². The number of ketones is 1. The average Bonchev–Trinajstić information content (AvgIpc) is 2.03. The van der Waals surface area contributed by atoms with Crippen LogP contribution in [-0.2, 0) is 0 Å². The first-order valence-electron chi connectivity index (χ1n) is 4.53. The van der Waals surface area contributed by atoms with Gasteiger partial charge >= 0.3 is 84.1 Å². The van der Waals surface area contributed by atoms with Gasteiger partial charge in [-0.15, -0.1) is 0 Å². The summed E-state index contributed by atoms with van der Waals surface area (Å²) in [5.41, 5.74) is 0.819. The first kappa shape index (κ1) is 10.8. The molecule has 0 saturated heterocycles. The predicted molar refractivity (Wildman–Crippen MR) is 59.4 cm³/mol. The zero-order valence-corrected chi connectivity index (χ0v) is 11.6. The predicted octanol–water partition coefficient (Wildman–Crippen LogP) is 2.43. The second-order valence-corrected chi connectivity index (χ2v) is 18.9. The van der Waals surface area contributed by atoms with E-state index < -0.39 is 18.4 Å². The van der Waals surface area contributed by atoms with Crippen molar-refractivity contribution in [2.75, 3.05) is 0 Å². The number of Topliss-reactive ketones (excluding diaryl/α,β-unsaturated/α-hetero) is 1. The molecule has 1 aromatic carbocycles. The van der Waals surface area contributed by atoms with Gasteiger partial charge < -0.3 is 0 Å². The van der Waals surface area contributed by atoms with E-state index in [9.17, 15) is 4.79 Å². The van der Waals surface area contributed by atoms with Gasteiger partial charge in [0.05, 0.1) is 0 Å². The third kappa shape index (κ3) is 2.83. The molecule has 0 atom stereocenters. The van der Waals surface area contributed by atoms with Gasteiger partial charge in [0.1, 0.15) is 0 Å². The van der Waals surface area contributed by atoms with Crippen molar-refractivity contribution in [2.24, 2.45) is 0 Å². The minimum atomic E-state index is -1.90. The van der Waals surface area contributed by atoms with E-state index in [2.05, 4.69) is 27.0 Å². The van der Waals surface area contributed by atoms with Gasteiger partial charge in [-0.3, -0.25) is 0 Å². The molecular weight excluding hydrogens is 267 g/mol. The van der Waals surface area contributed by atoms with Crippen LogP contribution in [0.2, 0.25) is 14.8 Å². The third-order valence-corrected chi connectivity index (χ3v) is 8.05. The summed E-state index contributed by atoms with van der Waals surface area (Å²) in [6.45, 7) is 1.61. The van der Waals surface area contributed by atoms with E-state index in [1.54, 1.807) is 6.92 Å². The normalized spacial score (nSPS) is 11.4. The van der Waals surface area contributed by atoms with Crippen molar-refractivity contribution in [1.82, 2.24) is 0 Å². The Morgan fingerprint density at radius 3 is 1.85 bits per heavy atom. The van der Waals surface area contributed by atoms with Crippen molar-refractivity contribution in [1.29, 1.82) is 0 Å². The van der Waals surface area contributed by atoms with E-state index in [4.69, 9.17) is 0 Å². The Hall–Kier alpha value is -0.311. The number of benzene rings is 1. The zero-order chi connectivity index (χ0) is 10.1. The summed E-state index contributed by atoms with van der Waals surface area (Å²) in [5.74, 6) is 0.149. The molecule has 0 aliphatic heterocycles. The first-order chi connectivity index (χ1) is 5.91. The Balaban J connectivity index is 3.01. The molecule has 0 amide bonds. The van der Waals surface area contributed by atoms with Crippen molar-refractivity contribution >= 4 is 27.7 Å². The van der Waals surface area contributed by atoms with E-state index in [0.29, 0.717) is 0 Å². The maximum absolute atomic E-state index is 11.0. The van der Waals surface area contributed by atoms with Crippen LogP contribution in [0.1, 0.15) is 17.3 Å². The summed E-state index contributed by atoms with van der Waals surface area (Å²) in [5, 5.41) is 0. The van der Waals surface area contributed by atoms with Crippen LogP contribution < -0.4 is 3.58 Å². The van der Waals surface area contributed by atoms with Crippen LogP contribution in [0, 0.1) is 0 Å². The van der Waals surface area contributed by atoms with Gasteiger partial charge in [-0.2, -0.15) is 0 Å². The molecule has 0 aromatic heterocycles. The summed E-state index contributed by atoms with van der Waals surface area (Å²) >= 11 is -1.90. The van der Waals surface area contributed by atoms with Crippen molar-refractivity contribution in [2.45, 2.75) is 21.7 Å². The zero-order valence-electron chi connectivity index (χ0n) is 8.72. The molecule has 0 N–H and O–H groups in total. The number of hydrogen-bond donors (Lipinski definition) is 0. The van der Waals surface area contributed by atoms with Gasteiger partial charge in [0.15, 0.2) is 0 Å². The number of carbonyl (C=O) groups excluding carboxylic acids is 1. The fraction of sp³-hybridized carbons (Fsp3) is 0.364. The van der Waals surface area contributed by atoms with Gasteiger partial charge in [0.2, 0.25) is 0 Å². The van der Waals surface area contributed by atoms with Crippen molar-refractivity contribution in [3.05, 3.63) is 29.8 Å². The van der Waals surface area contributed by atoms with Crippen molar-refractivity contribution in [3.8, 4) is 0 Å². The molecule has 1 nitrogen and oxygen atoms in total. The van der Waals surface area contributed by atoms with E-state index in [1.165, 1.54) is 3.58 Å². The molecule has 70 valence electrons. The fourth-order valence-corrected chi connectivity index (χ4v) is 4.53. The van der Waals surface area contributed by atoms with Gasteiger partial charge in [0.25, 0.3) is 0 Å². The Morgan fingerprint density at radius 2 is 1.54 bits per heavy atom. The molecular formula is C11H16OSn. The van der Waals surface area contributed by atoms with Gasteiger partial charge in [-0.05, 0) is 0 Å². The quantitative estimate of drug-likeness (QED) is 0.602. The third-order valence-electron chi connectivity index (χ3n) is 2.16. The topological polar surface area (TPSA) is 17.1 Å². The monoisotopic (exact) mass is 284 g/mol. The first-order valence-corrected chi connectivity index (χ1v) is 14.5. The number of rotatable bonds is 2. The summed E-state index contributed by atoms with van der Waals surface area (Å²) < 4.78 is 1.47. The van der Waals surface area contributed by atoms with E-state index in [-0.39, 0.29) is 5.78 Å². The minimum absolute atomic E-state index is 0.149. The summed E-state index contributed by atoms with van der Waals surface area (Å²) in [4.78, 5) is 18.1. The van der Waals surface area contributed by atoms with Crippen LogP contribution in [0.4, 0.5) is 0 Å². The summed E-state index contributed by atoms with van der Waals surface area (Å²) in [6.07, 6.45) is 0. The van der Waals surface area contributed by atoms with Crippen LogP contribution in [0.15, 0.2) is 24.3 Å². The molecule has 0 heterocycles. The van der Waals surface area contributed by atoms with Crippen LogP contribution >= 0.6 is 0 Å². The van der Waals surface area contributed by atoms with Crippen molar-refractivity contribution < 1.29 is 4.79 Å². The molecule has 0 bridgehead atoms. The van der Waals surface area contributed by atoms with Gasteiger partial charge in [0, 0.05) is 0 Å². The second kappa shape index (κ2) is 3.82. The van der Waals surface area contributed by atoms with Gasteiger partial charge in [-0.25, -0.2) is 0 Å². The molecule has 0 fully saturated rings. The molecule has 1 aromatic rings. The molecule has 0 saturated carbocycles. The molecule has 0 radical (unpaired) electrons. The molecule has 2 heteroatoms. The Labute approximate surface area is 84.0 Å². The average molecular weight is 283 g/mol. The molecule has 0 aliphatic carbocycles.